The van der Waals surface area contributed by atoms with Crippen LogP contribution in [-0.4, -0.2) is 0 Å². The van der Waals surface area contributed by atoms with Crippen LogP contribution in [0.4, 0.5) is 17.1 Å². The lowest BCUT2D eigenvalue weighted by atomic mass is 9.82. The van der Waals surface area contributed by atoms with Crippen LogP contribution in [0.1, 0.15) is 25.0 Å². The summed E-state index contributed by atoms with van der Waals surface area (Å²) >= 11 is 0. The van der Waals surface area contributed by atoms with Crippen molar-refractivity contribution < 1.29 is 4.42 Å². The monoisotopic (exact) mass is 603 g/mol. The quantitative estimate of drug-likeness (QED) is 0.195. The van der Waals surface area contributed by atoms with Crippen molar-refractivity contribution in [1.29, 1.82) is 0 Å². The first-order valence-electron chi connectivity index (χ1n) is 16.3. The van der Waals surface area contributed by atoms with Gasteiger partial charge in [0, 0.05) is 38.8 Å². The number of hydrogen-bond acceptors (Lipinski definition) is 2. The molecule has 0 spiro atoms. The SMILES string of the molecule is CC1(C)c2ccc(N(c3ccc(-c4ccccc4)cc3)c3ccc(-c4ccccc4)cc3)cc2-c2c1ccc1c2oc2ccccc21. The number of rotatable bonds is 5. The molecule has 1 aliphatic carbocycles. The lowest BCUT2D eigenvalue weighted by molar-refractivity contribution is 0.653. The minimum Gasteiger partial charge on any atom is -0.455 e. The van der Waals surface area contributed by atoms with Gasteiger partial charge in [0.2, 0.25) is 0 Å². The van der Waals surface area contributed by atoms with Gasteiger partial charge in [-0.15, -0.1) is 0 Å². The summed E-state index contributed by atoms with van der Waals surface area (Å²) < 4.78 is 6.61. The third kappa shape index (κ3) is 4.40. The van der Waals surface area contributed by atoms with Crippen molar-refractivity contribution in [2.45, 2.75) is 19.3 Å². The molecule has 7 aromatic carbocycles. The molecule has 0 unspecified atom stereocenters. The molecule has 0 bridgehead atoms. The second-order valence-electron chi connectivity index (χ2n) is 13.0. The summed E-state index contributed by atoms with van der Waals surface area (Å²) in [6, 6.07) is 58.8. The molecule has 224 valence electrons. The van der Waals surface area contributed by atoms with E-state index < -0.39 is 0 Å². The van der Waals surface area contributed by atoms with Gasteiger partial charge in [0.1, 0.15) is 11.2 Å². The molecule has 0 saturated heterocycles. The molecule has 9 rings (SSSR count). The summed E-state index contributed by atoms with van der Waals surface area (Å²) in [4.78, 5) is 2.37. The smallest absolute Gasteiger partial charge is 0.143 e. The summed E-state index contributed by atoms with van der Waals surface area (Å²) in [5.41, 5.74) is 15.0. The molecule has 1 heterocycles. The first-order chi connectivity index (χ1) is 23.1. The molecule has 8 aromatic rings. The van der Waals surface area contributed by atoms with Gasteiger partial charge in [-0.2, -0.15) is 0 Å². The molecule has 1 aliphatic rings. The van der Waals surface area contributed by atoms with Crippen LogP contribution in [0.5, 0.6) is 0 Å². The van der Waals surface area contributed by atoms with Crippen molar-refractivity contribution in [2.24, 2.45) is 0 Å². The maximum Gasteiger partial charge on any atom is 0.143 e. The third-order valence-electron chi connectivity index (χ3n) is 9.89. The standard InChI is InChI=1S/C45H33NO/c1-45(2)40-27-25-36(29-39(40)43-41(45)28-26-38-37-15-9-10-16-42(37)47-44(38)43)46(34-21-17-32(18-22-34)30-11-5-3-6-12-30)35-23-19-33(20-24-35)31-13-7-4-8-14-31/h3-29H,1-2H3. The summed E-state index contributed by atoms with van der Waals surface area (Å²) in [7, 11) is 0. The highest BCUT2D eigenvalue weighted by atomic mass is 16.3. The molecular formula is C45H33NO. The van der Waals surface area contributed by atoms with E-state index in [1.807, 2.05) is 6.07 Å². The molecule has 0 N–H and O–H groups in total. The third-order valence-corrected chi connectivity index (χ3v) is 9.89. The fourth-order valence-corrected chi connectivity index (χ4v) is 7.46. The van der Waals surface area contributed by atoms with E-state index in [2.05, 4.69) is 176 Å². The molecule has 2 heteroatoms. The molecule has 0 aliphatic heterocycles. The van der Waals surface area contributed by atoms with E-state index in [1.165, 1.54) is 49.9 Å². The molecule has 47 heavy (non-hydrogen) atoms. The molecule has 0 radical (unpaired) electrons. The van der Waals surface area contributed by atoms with Gasteiger partial charge < -0.3 is 9.32 Å². The Kier molecular flexibility index (Phi) is 6.20. The minimum atomic E-state index is -0.143. The van der Waals surface area contributed by atoms with Gasteiger partial charge in [-0.3, -0.25) is 0 Å². The Balaban J connectivity index is 1.22. The van der Waals surface area contributed by atoms with Crippen LogP contribution in [-0.2, 0) is 5.41 Å². The molecule has 0 fully saturated rings. The van der Waals surface area contributed by atoms with Gasteiger partial charge in [0.05, 0.1) is 0 Å². The number of hydrogen-bond donors (Lipinski definition) is 0. The van der Waals surface area contributed by atoms with Crippen molar-refractivity contribution in [2.75, 3.05) is 4.90 Å². The molecule has 1 aromatic heterocycles. The van der Waals surface area contributed by atoms with Gasteiger partial charge in [0.15, 0.2) is 0 Å². The summed E-state index contributed by atoms with van der Waals surface area (Å²) in [5, 5.41) is 2.32. The number of nitrogens with zero attached hydrogens (tertiary/aromatic N) is 1. The average Bonchev–Trinajstić information content (AvgIpc) is 3.62. The zero-order valence-electron chi connectivity index (χ0n) is 26.4. The predicted octanol–water partition coefficient (Wildman–Crippen LogP) is 12.7. The van der Waals surface area contributed by atoms with Gasteiger partial charge in [-0.05, 0) is 81.4 Å². The number of anilines is 3. The van der Waals surface area contributed by atoms with E-state index in [0.29, 0.717) is 0 Å². The Bertz CT molecular complexity index is 2320. The first kappa shape index (κ1) is 27.5. The molecular weight excluding hydrogens is 571 g/mol. The van der Waals surface area contributed by atoms with E-state index in [-0.39, 0.29) is 5.41 Å². The second-order valence-corrected chi connectivity index (χ2v) is 13.0. The Labute approximate surface area is 275 Å². The van der Waals surface area contributed by atoms with Crippen molar-refractivity contribution in [1.82, 2.24) is 0 Å². The van der Waals surface area contributed by atoms with E-state index in [0.717, 1.165) is 33.6 Å². The topological polar surface area (TPSA) is 16.4 Å². The van der Waals surface area contributed by atoms with Gasteiger partial charge in [0.25, 0.3) is 0 Å². The molecule has 0 saturated carbocycles. The van der Waals surface area contributed by atoms with Crippen molar-refractivity contribution in [3.05, 3.63) is 175 Å². The normalized spacial score (nSPS) is 13.1. The van der Waals surface area contributed by atoms with E-state index >= 15 is 0 Å². The Morgan fingerprint density at radius 1 is 0.447 bits per heavy atom. The number of fused-ring (bicyclic) bond motifs is 7. The van der Waals surface area contributed by atoms with Crippen LogP contribution < -0.4 is 4.90 Å². The summed E-state index contributed by atoms with van der Waals surface area (Å²) in [5.74, 6) is 0. The highest BCUT2D eigenvalue weighted by Crippen LogP contribution is 2.54. The fourth-order valence-electron chi connectivity index (χ4n) is 7.46. The number of para-hydroxylation sites is 1. The highest BCUT2D eigenvalue weighted by Gasteiger charge is 2.38. The van der Waals surface area contributed by atoms with Gasteiger partial charge in [-0.1, -0.05) is 135 Å². The highest BCUT2D eigenvalue weighted by molar-refractivity contribution is 6.12. The van der Waals surface area contributed by atoms with Crippen molar-refractivity contribution in [3.63, 3.8) is 0 Å². The summed E-state index contributed by atoms with van der Waals surface area (Å²) in [6.07, 6.45) is 0. The molecule has 0 atom stereocenters. The fraction of sp³-hybridized carbons (Fsp3) is 0.0667. The predicted molar refractivity (Wildman–Crippen MR) is 197 cm³/mol. The van der Waals surface area contributed by atoms with Crippen LogP contribution >= 0.6 is 0 Å². The largest absolute Gasteiger partial charge is 0.455 e. The number of benzene rings is 7. The van der Waals surface area contributed by atoms with Crippen LogP contribution in [0.25, 0.3) is 55.3 Å². The maximum absolute atomic E-state index is 6.61. The number of furan rings is 1. The molecule has 0 amide bonds. The van der Waals surface area contributed by atoms with E-state index in [9.17, 15) is 0 Å². The van der Waals surface area contributed by atoms with Crippen LogP contribution in [0.3, 0.4) is 0 Å². The van der Waals surface area contributed by atoms with Crippen LogP contribution in [0.15, 0.2) is 168 Å². The Hall–Kier alpha value is -5.86. The van der Waals surface area contributed by atoms with Gasteiger partial charge in [-0.25, -0.2) is 0 Å². The Morgan fingerprint density at radius 2 is 0.957 bits per heavy atom. The zero-order valence-corrected chi connectivity index (χ0v) is 26.4. The van der Waals surface area contributed by atoms with E-state index in [1.54, 1.807) is 0 Å². The summed E-state index contributed by atoms with van der Waals surface area (Å²) in [6.45, 7) is 4.66. The van der Waals surface area contributed by atoms with Crippen LogP contribution in [0, 0.1) is 0 Å². The van der Waals surface area contributed by atoms with E-state index in [4.69, 9.17) is 4.42 Å². The van der Waals surface area contributed by atoms with Gasteiger partial charge >= 0.3 is 0 Å². The second kappa shape index (κ2) is 10.6. The zero-order chi connectivity index (χ0) is 31.5. The Morgan fingerprint density at radius 3 is 1.57 bits per heavy atom. The minimum absolute atomic E-state index is 0.143. The maximum atomic E-state index is 6.61. The van der Waals surface area contributed by atoms with Crippen LogP contribution in [0.2, 0.25) is 0 Å². The molecule has 2 nitrogen and oxygen atoms in total. The first-order valence-corrected chi connectivity index (χ1v) is 16.3. The average molecular weight is 604 g/mol. The van der Waals surface area contributed by atoms with Crippen molar-refractivity contribution in [3.8, 4) is 33.4 Å². The lowest BCUT2D eigenvalue weighted by Crippen LogP contribution is -2.15. The van der Waals surface area contributed by atoms with Crippen molar-refractivity contribution >= 4 is 39.0 Å². The lowest BCUT2D eigenvalue weighted by Gasteiger charge is -2.27.